The van der Waals surface area contributed by atoms with E-state index in [0.717, 1.165) is 11.1 Å². The van der Waals surface area contributed by atoms with Crippen LogP contribution in [0, 0.1) is 11.8 Å². The Bertz CT molecular complexity index is 1350. The smallest absolute Gasteiger partial charge is 0.247 e. The molecule has 6 rings (SSSR count). The lowest BCUT2D eigenvalue weighted by molar-refractivity contribution is -0.128. The number of imide groups is 1. The average Bonchev–Trinajstić information content (AvgIpc) is 3.37. The van der Waals surface area contributed by atoms with Gasteiger partial charge in [-0.2, -0.15) is 0 Å². The molecular formula is C28H23N3O4. The van der Waals surface area contributed by atoms with E-state index >= 15 is 0 Å². The van der Waals surface area contributed by atoms with Crippen LogP contribution in [0.15, 0.2) is 85.1 Å². The van der Waals surface area contributed by atoms with Gasteiger partial charge in [-0.15, -0.1) is 0 Å². The van der Waals surface area contributed by atoms with Crippen molar-refractivity contribution in [2.75, 3.05) is 17.3 Å². The summed E-state index contributed by atoms with van der Waals surface area (Å²) in [5.74, 6) is -1.74. The Morgan fingerprint density at radius 2 is 1.54 bits per heavy atom. The van der Waals surface area contributed by atoms with Crippen LogP contribution in [0.5, 0.6) is 5.75 Å². The van der Waals surface area contributed by atoms with Gasteiger partial charge in [0.2, 0.25) is 17.7 Å². The van der Waals surface area contributed by atoms with Crippen molar-refractivity contribution in [3.05, 3.63) is 96.2 Å². The molecule has 0 saturated carbocycles. The second kappa shape index (κ2) is 8.13. The van der Waals surface area contributed by atoms with E-state index in [1.165, 1.54) is 4.90 Å². The maximum Gasteiger partial charge on any atom is 0.247 e. The lowest BCUT2D eigenvalue weighted by atomic mass is 9.84. The highest BCUT2D eigenvalue weighted by atomic mass is 16.5. The van der Waals surface area contributed by atoms with Gasteiger partial charge in [0.05, 0.1) is 30.7 Å². The molecule has 7 heteroatoms. The SMILES string of the molecule is COc1ccc(NC(=O)[C@@H]2[C@@H]3C(=O)N(c4ccccc4)C(=O)[C@@H]3[C@H]3c4ccccc4C=CN23)cc1. The fraction of sp³-hybridized carbons (Fsp3) is 0.179. The normalized spacial score (nSPS) is 24.1. The van der Waals surface area contributed by atoms with Crippen molar-refractivity contribution < 1.29 is 19.1 Å². The maximum atomic E-state index is 13.8. The monoisotopic (exact) mass is 465 g/mol. The molecule has 3 amide bonds. The van der Waals surface area contributed by atoms with E-state index in [9.17, 15) is 14.4 Å². The van der Waals surface area contributed by atoms with Crippen molar-refractivity contribution in [2.45, 2.75) is 12.1 Å². The summed E-state index contributed by atoms with van der Waals surface area (Å²) < 4.78 is 5.20. The van der Waals surface area contributed by atoms with Crippen molar-refractivity contribution in [3.8, 4) is 5.75 Å². The standard InChI is InChI=1S/C28H23N3O4/c1-35-20-13-11-18(12-14-20)29-26(32)25-23-22(24-21-10-6-5-7-17(21)15-16-30(24)25)27(33)31(28(23)34)19-8-3-2-4-9-19/h2-16,22-25H,1H3,(H,29,32)/t22-,23+,24+,25-/m0/s1. The lowest BCUT2D eigenvalue weighted by Gasteiger charge is -2.35. The quantitative estimate of drug-likeness (QED) is 0.592. The highest BCUT2D eigenvalue weighted by molar-refractivity contribution is 6.24. The lowest BCUT2D eigenvalue weighted by Crippen LogP contribution is -2.46. The van der Waals surface area contributed by atoms with Gasteiger partial charge < -0.3 is 15.0 Å². The number of benzene rings is 3. The molecule has 1 N–H and O–H groups in total. The summed E-state index contributed by atoms with van der Waals surface area (Å²) in [6, 6.07) is 22.5. The van der Waals surface area contributed by atoms with E-state index in [2.05, 4.69) is 5.32 Å². The third-order valence-corrected chi connectivity index (χ3v) is 7.10. The number of rotatable bonds is 4. The van der Waals surface area contributed by atoms with E-state index in [-0.39, 0.29) is 17.7 Å². The number of carbonyl (C=O) groups is 3. The molecule has 0 radical (unpaired) electrons. The summed E-state index contributed by atoms with van der Waals surface area (Å²) in [4.78, 5) is 44.3. The first kappa shape index (κ1) is 21.2. The van der Waals surface area contributed by atoms with Gasteiger partial charge in [0, 0.05) is 11.9 Å². The molecular weight excluding hydrogens is 442 g/mol. The summed E-state index contributed by atoms with van der Waals surface area (Å²) in [6.07, 6.45) is 3.78. The van der Waals surface area contributed by atoms with E-state index in [4.69, 9.17) is 4.74 Å². The van der Waals surface area contributed by atoms with E-state index in [1.54, 1.807) is 55.6 Å². The van der Waals surface area contributed by atoms with Crippen LogP contribution in [0.4, 0.5) is 11.4 Å². The third kappa shape index (κ3) is 3.23. The number of ether oxygens (including phenoxy) is 1. The number of para-hydroxylation sites is 1. The fourth-order valence-corrected chi connectivity index (χ4v) is 5.58. The zero-order valence-corrected chi connectivity index (χ0v) is 19.0. The molecule has 3 aromatic rings. The molecule has 4 atom stereocenters. The minimum atomic E-state index is -0.832. The first-order valence-electron chi connectivity index (χ1n) is 11.5. The Labute approximate surface area is 202 Å². The average molecular weight is 466 g/mol. The molecule has 7 nitrogen and oxygen atoms in total. The number of anilines is 2. The number of carbonyl (C=O) groups excluding carboxylic acids is 3. The van der Waals surface area contributed by atoms with Crippen molar-refractivity contribution in [1.29, 1.82) is 0 Å². The van der Waals surface area contributed by atoms with Crippen molar-refractivity contribution in [1.82, 2.24) is 4.90 Å². The number of hydrogen-bond donors (Lipinski definition) is 1. The number of nitrogens with zero attached hydrogens (tertiary/aromatic N) is 2. The Morgan fingerprint density at radius 1 is 0.857 bits per heavy atom. The largest absolute Gasteiger partial charge is 0.497 e. The molecule has 2 saturated heterocycles. The molecule has 0 aromatic heterocycles. The predicted octanol–water partition coefficient (Wildman–Crippen LogP) is 3.85. The van der Waals surface area contributed by atoms with E-state index < -0.39 is 23.9 Å². The van der Waals surface area contributed by atoms with Gasteiger partial charge >= 0.3 is 0 Å². The number of methoxy groups -OCH3 is 1. The van der Waals surface area contributed by atoms with Crippen LogP contribution in [-0.2, 0) is 14.4 Å². The molecule has 3 aromatic carbocycles. The number of amides is 3. The molecule has 0 bridgehead atoms. The topological polar surface area (TPSA) is 79.0 Å². The Morgan fingerprint density at radius 3 is 2.29 bits per heavy atom. The van der Waals surface area contributed by atoms with Crippen LogP contribution >= 0.6 is 0 Å². The van der Waals surface area contributed by atoms with Gasteiger partial charge in [0.25, 0.3) is 0 Å². The highest BCUT2D eigenvalue weighted by Crippen LogP contribution is 2.53. The second-order valence-electron chi connectivity index (χ2n) is 8.90. The van der Waals surface area contributed by atoms with E-state index in [1.807, 2.05) is 47.5 Å². The molecule has 174 valence electrons. The maximum absolute atomic E-state index is 13.8. The third-order valence-electron chi connectivity index (χ3n) is 7.10. The Kier molecular flexibility index (Phi) is 4.91. The van der Waals surface area contributed by atoms with Crippen LogP contribution in [0.1, 0.15) is 17.2 Å². The highest BCUT2D eigenvalue weighted by Gasteiger charge is 2.64. The van der Waals surface area contributed by atoms with Crippen molar-refractivity contribution in [3.63, 3.8) is 0 Å². The molecule has 3 aliphatic rings. The Balaban J connectivity index is 1.42. The number of hydrogen-bond acceptors (Lipinski definition) is 5. The molecule has 0 unspecified atom stereocenters. The summed E-state index contributed by atoms with van der Waals surface area (Å²) in [6.45, 7) is 0. The van der Waals surface area contributed by atoms with Crippen LogP contribution in [0.3, 0.4) is 0 Å². The summed E-state index contributed by atoms with van der Waals surface area (Å²) >= 11 is 0. The minimum Gasteiger partial charge on any atom is -0.497 e. The van der Waals surface area contributed by atoms with Crippen molar-refractivity contribution >= 4 is 35.2 Å². The summed E-state index contributed by atoms with van der Waals surface area (Å²) in [7, 11) is 1.58. The van der Waals surface area contributed by atoms with Crippen LogP contribution in [0.2, 0.25) is 0 Å². The predicted molar refractivity (Wildman–Crippen MR) is 131 cm³/mol. The van der Waals surface area contributed by atoms with Gasteiger partial charge in [-0.05, 0) is 53.6 Å². The second-order valence-corrected chi connectivity index (χ2v) is 8.90. The number of fused-ring (bicyclic) bond motifs is 5. The Hall–Kier alpha value is -4.39. The fourth-order valence-electron chi connectivity index (χ4n) is 5.58. The van der Waals surface area contributed by atoms with Crippen LogP contribution in [0.25, 0.3) is 6.08 Å². The van der Waals surface area contributed by atoms with Gasteiger partial charge in [-0.25, -0.2) is 4.90 Å². The molecule has 3 aliphatic heterocycles. The molecule has 2 fully saturated rings. The summed E-state index contributed by atoms with van der Waals surface area (Å²) in [5, 5.41) is 2.94. The van der Waals surface area contributed by atoms with Gasteiger partial charge in [0.15, 0.2) is 0 Å². The molecule has 0 aliphatic carbocycles. The van der Waals surface area contributed by atoms with Crippen LogP contribution in [-0.4, -0.2) is 35.8 Å². The van der Waals surface area contributed by atoms with Crippen LogP contribution < -0.4 is 15.0 Å². The van der Waals surface area contributed by atoms with E-state index in [0.29, 0.717) is 17.1 Å². The molecule has 0 spiro atoms. The zero-order chi connectivity index (χ0) is 24.1. The first-order chi connectivity index (χ1) is 17.1. The van der Waals surface area contributed by atoms with Gasteiger partial charge in [-0.1, -0.05) is 42.5 Å². The minimum absolute atomic E-state index is 0.272. The molecule has 35 heavy (non-hydrogen) atoms. The van der Waals surface area contributed by atoms with Crippen molar-refractivity contribution in [2.24, 2.45) is 11.8 Å². The molecule has 3 heterocycles. The first-order valence-corrected chi connectivity index (χ1v) is 11.5. The van der Waals surface area contributed by atoms with Gasteiger partial charge in [-0.3, -0.25) is 14.4 Å². The zero-order valence-electron chi connectivity index (χ0n) is 19.0. The summed E-state index contributed by atoms with van der Waals surface area (Å²) in [5.41, 5.74) is 3.05. The number of nitrogens with one attached hydrogen (secondary N) is 1. The van der Waals surface area contributed by atoms with Gasteiger partial charge in [0.1, 0.15) is 11.8 Å².